The maximum Gasteiger partial charge on any atom is 0.433 e. The molecule has 2 aromatic heterocycles. The molecule has 0 N–H and O–H groups in total. The first-order chi connectivity index (χ1) is 13.7. The van der Waals surface area contributed by atoms with Crippen LogP contribution in [0, 0.1) is 11.3 Å². The predicted octanol–water partition coefficient (Wildman–Crippen LogP) is 5.56. The second kappa shape index (κ2) is 6.71. The third-order valence-electron chi connectivity index (χ3n) is 4.59. The third-order valence-corrected chi connectivity index (χ3v) is 4.85. The van der Waals surface area contributed by atoms with Gasteiger partial charge in [-0.3, -0.25) is 4.40 Å². The molecule has 0 spiro atoms. The summed E-state index contributed by atoms with van der Waals surface area (Å²) in [4.78, 5) is 7.49. The summed E-state index contributed by atoms with van der Waals surface area (Å²) >= 11 is 5.88. The Bertz CT molecular complexity index is 1220. The molecule has 1 aromatic carbocycles. The van der Waals surface area contributed by atoms with Crippen LogP contribution in [0.2, 0.25) is 0 Å². The lowest BCUT2D eigenvalue weighted by Crippen LogP contribution is -2.24. The van der Waals surface area contributed by atoms with E-state index in [0.717, 1.165) is 6.07 Å². The molecule has 0 saturated carbocycles. The van der Waals surface area contributed by atoms with Gasteiger partial charge in [-0.25, -0.2) is 14.4 Å². The molecule has 1 unspecified atom stereocenters. The summed E-state index contributed by atoms with van der Waals surface area (Å²) < 4.78 is 55.1. The first kappa shape index (κ1) is 19.2. The van der Waals surface area contributed by atoms with Gasteiger partial charge in [0.1, 0.15) is 11.8 Å². The Morgan fingerprint density at radius 2 is 1.93 bits per heavy atom. The van der Waals surface area contributed by atoms with E-state index in [9.17, 15) is 18.4 Å². The molecule has 0 bridgehead atoms. The van der Waals surface area contributed by atoms with Gasteiger partial charge in [-0.2, -0.15) is 18.4 Å². The smallest absolute Gasteiger partial charge is 0.284 e. The largest absolute Gasteiger partial charge is 0.433 e. The molecule has 29 heavy (non-hydrogen) atoms. The van der Waals surface area contributed by atoms with Gasteiger partial charge in [-0.1, -0.05) is 35.9 Å². The molecule has 1 atom stereocenters. The number of benzene rings is 1. The van der Waals surface area contributed by atoms with Gasteiger partial charge in [0.25, 0.3) is 0 Å². The molecule has 0 amide bonds. The van der Waals surface area contributed by atoms with Crippen molar-refractivity contribution in [3.8, 4) is 17.3 Å². The lowest BCUT2D eigenvalue weighted by molar-refractivity contribution is -0.141. The van der Waals surface area contributed by atoms with Crippen molar-refractivity contribution in [1.82, 2.24) is 14.4 Å². The fraction of sp³-hybridized carbons (Fsp3) is 0.150. The minimum atomic E-state index is -4.57. The highest BCUT2D eigenvalue weighted by Crippen LogP contribution is 2.41. The summed E-state index contributed by atoms with van der Waals surface area (Å²) in [5.74, 6) is -0.108. The molecule has 0 fully saturated rings. The number of imidazole rings is 1. The highest BCUT2D eigenvalue weighted by Gasteiger charge is 2.38. The number of rotatable bonds is 2. The van der Waals surface area contributed by atoms with Gasteiger partial charge in [0, 0.05) is 28.8 Å². The molecular formula is C20H11ClF4N4. The van der Waals surface area contributed by atoms with Crippen LogP contribution in [0.15, 0.2) is 59.9 Å². The van der Waals surface area contributed by atoms with E-state index in [0.29, 0.717) is 16.8 Å². The Morgan fingerprint density at radius 1 is 1.17 bits per heavy atom. The Labute approximate surface area is 167 Å². The van der Waals surface area contributed by atoms with Crippen LogP contribution in [0.25, 0.3) is 22.6 Å². The summed E-state index contributed by atoms with van der Waals surface area (Å²) in [5, 5.41) is 9.56. The average molecular weight is 419 g/mol. The van der Waals surface area contributed by atoms with Crippen molar-refractivity contribution in [2.45, 2.75) is 18.3 Å². The van der Waals surface area contributed by atoms with Crippen LogP contribution in [0.5, 0.6) is 0 Å². The van der Waals surface area contributed by atoms with Crippen molar-refractivity contribution in [1.29, 1.82) is 5.26 Å². The van der Waals surface area contributed by atoms with Crippen LogP contribution in [0.4, 0.5) is 17.6 Å². The van der Waals surface area contributed by atoms with Crippen LogP contribution in [0.1, 0.15) is 17.7 Å². The molecule has 0 saturated heterocycles. The SMILES string of the molecule is N#CC1(F)CC(Cl)=CC=C1c1cccc(-c2cnc3nc(C(F)(F)F)ccn23)c1. The second-order valence-electron chi connectivity index (χ2n) is 6.49. The van der Waals surface area contributed by atoms with Gasteiger partial charge >= 0.3 is 6.18 Å². The van der Waals surface area contributed by atoms with E-state index >= 15 is 4.39 Å². The Balaban J connectivity index is 1.80. The summed E-state index contributed by atoms with van der Waals surface area (Å²) in [6.07, 6.45) is 0.798. The van der Waals surface area contributed by atoms with E-state index in [2.05, 4.69) is 9.97 Å². The van der Waals surface area contributed by atoms with Gasteiger partial charge < -0.3 is 0 Å². The summed E-state index contributed by atoms with van der Waals surface area (Å²) in [5.41, 5.74) is -1.62. The molecule has 146 valence electrons. The van der Waals surface area contributed by atoms with E-state index in [1.807, 2.05) is 0 Å². The Kier molecular flexibility index (Phi) is 4.43. The van der Waals surface area contributed by atoms with E-state index in [1.165, 1.54) is 28.9 Å². The number of halogens is 5. The summed E-state index contributed by atoms with van der Waals surface area (Å²) in [6, 6.07) is 9.20. The number of nitriles is 1. The molecule has 4 rings (SSSR count). The maximum atomic E-state index is 15.1. The van der Waals surface area contributed by atoms with Gasteiger partial charge in [-0.15, -0.1) is 0 Å². The van der Waals surface area contributed by atoms with Crippen LogP contribution in [0.3, 0.4) is 0 Å². The molecule has 1 aliphatic rings. The topological polar surface area (TPSA) is 54.0 Å². The van der Waals surface area contributed by atoms with Gasteiger partial charge in [0.2, 0.25) is 11.4 Å². The number of aromatic nitrogens is 3. The predicted molar refractivity (Wildman–Crippen MR) is 99.4 cm³/mol. The fourth-order valence-corrected chi connectivity index (χ4v) is 3.45. The molecule has 0 aliphatic heterocycles. The molecule has 3 aromatic rings. The zero-order chi connectivity index (χ0) is 20.8. The molecule has 4 nitrogen and oxygen atoms in total. The van der Waals surface area contributed by atoms with Crippen LogP contribution < -0.4 is 0 Å². The number of alkyl halides is 4. The molecule has 2 heterocycles. The van der Waals surface area contributed by atoms with Crippen molar-refractivity contribution in [2.24, 2.45) is 0 Å². The summed E-state index contributed by atoms with van der Waals surface area (Å²) in [6.45, 7) is 0. The second-order valence-corrected chi connectivity index (χ2v) is 6.97. The van der Waals surface area contributed by atoms with Crippen LogP contribution in [-0.4, -0.2) is 20.0 Å². The zero-order valence-corrected chi connectivity index (χ0v) is 15.3. The lowest BCUT2D eigenvalue weighted by atomic mass is 9.84. The summed E-state index contributed by atoms with van der Waals surface area (Å²) in [7, 11) is 0. The van der Waals surface area contributed by atoms with Gasteiger partial charge in [0.05, 0.1) is 11.9 Å². The third kappa shape index (κ3) is 3.38. The lowest BCUT2D eigenvalue weighted by Gasteiger charge is -2.24. The quantitative estimate of drug-likeness (QED) is 0.512. The van der Waals surface area contributed by atoms with Crippen molar-refractivity contribution >= 4 is 23.0 Å². The number of fused-ring (bicyclic) bond motifs is 1. The van der Waals surface area contributed by atoms with Crippen LogP contribution in [-0.2, 0) is 6.18 Å². The van der Waals surface area contributed by atoms with Crippen molar-refractivity contribution < 1.29 is 17.6 Å². The first-order valence-corrected chi connectivity index (χ1v) is 8.78. The highest BCUT2D eigenvalue weighted by molar-refractivity contribution is 6.30. The zero-order valence-electron chi connectivity index (χ0n) is 14.6. The normalized spacial score (nSPS) is 19.6. The van der Waals surface area contributed by atoms with E-state index in [1.54, 1.807) is 30.3 Å². The Hall–Kier alpha value is -3.18. The van der Waals surface area contributed by atoms with Crippen molar-refractivity contribution in [3.63, 3.8) is 0 Å². The standard InChI is InChI=1S/C20H11ClF4N4/c21-14-4-5-15(19(22,9-14)11-26)12-2-1-3-13(8-12)16-10-27-18-28-17(20(23,24)25)6-7-29(16)18/h1-8,10H,9H2. The van der Waals surface area contributed by atoms with E-state index in [-0.39, 0.29) is 22.8 Å². The molecular weight excluding hydrogens is 408 g/mol. The van der Waals surface area contributed by atoms with Gasteiger partial charge in [0.15, 0.2) is 0 Å². The molecule has 9 heteroatoms. The molecule has 0 radical (unpaired) electrons. The maximum absolute atomic E-state index is 15.1. The number of nitrogens with zero attached hydrogens (tertiary/aromatic N) is 4. The number of hydrogen-bond donors (Lipinski definition) is 0. The number of hydrogen-bond acceptors (Lipinski definition) is 3. The van der Waals surface area contributed by atoms with Gasteiger partial charge in [-0.05, 0) is 23.8 Å². The van der Waals surface area contributed by atoms with Crippen LogP contribution >= 0.6 is 11.6 Å². The fourth-order valence-electron chi connectivity index (χ4n) is 3.21. The monoisotopic (exact) mass is 418 g/mol. The van der Waals surface area contributed by atoms with E-state index < -0.39 is 17.5 Å². The average Bonchev–Trinajstić information content (AvgIpc) is 3.11. The first-order valence-electron chi connectivity index (χ1n) is 8.40. The highest BCUT2D eigenvalue weighted by atomic mass is 35.5. The minimum absolute atomic E-state index is 0.108. The minimum Gasteiger partial charge on any atom is -0.284 e. The van der Waals surface area contributed by atoms with Crippen molar-refractivity contribution in [3.05, 3.63) is 71.2 Å². The Morgan fingerprint density at radius 3 is 2.66 bits per heavy atom. The van der Waals surface area contributed by atoms with Crippen molar-refractivity contribution in [2.75, 3.05) is 0 Å². The molecule has 1 aliphatic carbocycles. The van der Waals surface area contributed by atoms with E-state index in [4.69, 9.17) is 11.6 Å². The number of allylic oxidation sites excluding steroid dienone is 4.